The molecule has 7 nitrogen and oxygen atoms in total. The number of rotatable bonds is 2. The molecule has 3 aromatic rings. The highest BCUT2D eigenvalue weighted by Gasteiger charge is 2.28. The van der Waals surface area contributed by atoms with Crippen LogP contribution in [0.15, 0.2) is 18.5 Å². The van der Waals surface area contributed by atoms with E-state index in [9.17, 15) is 9.18 Å². The number of nitrogens with zero attached hydrogens (tertiary/aromatic N) is 6. The SMILES string of the molecule is O=C(c1ccc(Cl)c(F)c1Cl)N1CCn2c(nnc2-c2ncns2)C1. The average molecular weight is 399 g/mol. The number of aromatic nitrogens is 5. The third kappa shape index (κ3) is 2.78. The van der Waals surface area contributed by atoms with E-state index in [0.29, 0.717) is 29.7 Å². The largest absolute Gasteiger partial charge is 0.329 e. The molecule has 25 heavy (non-hydrogen) atoms. The van der Waals surface area contributed by atoms with Crippen molar-refractivity contribution in [3.8, 4) is 10.8 Å². The summed E-state index contributed by atoms with van der Waals surface area (Å²) in [7, 11) is 0. The van der Waals surface area contributed by atoms with E-state index in [1.54, 1.807) is 4.90 Å². The lowest BCUT2D eigenvalue weighted by molar-refractivity contribution is 0.0707. The molecule has 0 unspecified atom stereocenters. The fourth-order valence-electron chi connectivity index (χ4n) is 2.62. The van der Waals surface area contributed by atoms with Gasteiger partial charge in [0.1, 0.15) is 6.33 Å². The smallest absolute Gasteiger partial charge is 0.255 e. The molecular weight excluding hydrogens is 390 g/mol. The summed E-state index contributed by atoms with van der Waals surface area (Å²) in [6.45, 7) is 1.15. The summed E-state index contributed by atoms with van der Waals surface area (Å²) < 4.78 is 19.7. The molecule has 1 amide bonds. The van der Waals surface area contributed by atoms with Crippen molar-refractivity contribution in [3.05, 3.63) is 45.7 Å². The fraction of sp³-hybridized carbons (Fsp3) is 0.214. The monoisotopic (exact) mass is 398 g/mol. The molecule has 0 radical (unpaired) electrons. The predicted octanol–water partition coefficient (Wildman–Crippen LogP) is 2.90. The third-order valence-corrected chi connectivity index (χ3v) is 5.18. The van der Waals surface area contributed by atoms with Crippen LogP contribution in [-0.2, 0) is 13.1 Å². The Kier molecular flexibility index (Phi) is 4.14. The summed E-state index contributed by atoms with van der Waals surface area (Å²) in [4.78, 5) is 18.4. The maximum absolute atomic E-state index is 13.8. The van der Waals surface area contributed by atoms with Crippen LogP contribution in [0.2, 0.25) is 10.0 Å². The van der Waals surface area contributed by atoms with E-state index < -0.39 is 5.82 Å². The second-order valence-corrected chi connectivity index (χ2v) is 6.85. The first-order valence-electron chi connectivity index (χ1n) is 7.18. The van der Waals surface area contributed by atoms with Gasteiger partial charge >= 0.3 is 0 Å². The van der Waals surface area contributed by atoms with Gasteiger partial charge in [-0.2, -0.15) is 4.37 Å². The molecule has 0 bridgehead atoms. The van der Waals surface area contributed by atoms with E-state index in [1.165, 1.54) is 30.0 Å². The van der Waals surface area contributed by atoms with Crippen molar-refractivity contribution in [2.45, 2.75) is 13.1 Å². The topological polar surface area (TPSA) is 76.8 Å². The van der Waals surface area contributed by atoms with Crippen molar-refractivity contribution >= 4 is 40.6 Å². The van der Waals surface area contributed by atoms with Gasteiger partial charge in [0.2, 0.25) is 0 Å². The Labute approximate surface area is 155 Å². The molecule has 0 saturated heterocycles. The van der Waals surface area contributed by atoms with Crippen molar-refractivity contribution in [3.63, 3.8) is 0 Å². The Morgan fingerprint density at radius 1 is 1.24 bits per heavy atom. The van der Waals surface area contributed by atoms with E-state index in [4.69, 9.17) is 23.2 Å². The van der Waals surface area contributed by atoms with Gasteiger partial charge in [-0.3, -0.25) is 4.79 Å². The molecule has 1 aliphatic rings. The number of benzene rings is 1. The molecule has 1 aromatic carbocycles. The molecule has 0 atom stereocenters. The Hall–Kier alpha value is -2.10. The maximum atomic E-state index is 13.8. The zero-order valence-corrected chi connectivity index (χ0v) is 14.8. The fourth-order valence-corrected chi connectivity index (χ4v) is 3.59. The van der Waals surface area contributed by atoms with Gasteiger partial charge in [0.25, 0.3) is 5.91 Å². The van der Waals surface area contributed by atoms with Crippen molar-refractivity contribution in [2.24, 2.45) is 0 Å². The normalized spacial score (nSPS) is 13.8. The highest BCUT2D eigenvalue weighted by atomic mass is 35.5. The summed E-state index contributed by atoms with van der Waals surface area (Å²) in [6.07, 6.45) is 1.46. The minimum Gasteiger partial charge on any atom is -0.329 e. The number of amides is 1. The summed E-state index contributed by atoms with van der Waals surface area (Å²) in [6, 6.07) is 2.73. The predicted molar refractivity (Wildman–Crippen MR) is 90.1 cm³/mol. The molecule has 11 heteroatoms. The summed E-state index contributed by atoms with van der Waals surface area (Å²) in [5.74, 6) is 0.0655. The quantitative estimate of drug-likeness (QED) is 0.620. The lowest BCUT2D eigenvalue weighted by atomic mass is 10.1. The van der Waals surface area contributed by atoms with E-state index in [0.717, 1.165) is 0 Å². The zero-order chi connectivity index (χ0) is 17.6. The molecule has 0 N–H and O–H groups in total. The highest BCUT2D eigenvalue weighted by Crippen LogP contribution is 2.29. The minimum atomic E-state index is -0.798. The maximum Gasteiger partial charge on any atom is 0.255 e. The molecular formula is C14H9Cl2FN6OS. The first-order valence-corrected chi connectivity index (χ1v) is 8.71. The Morgan fingerprint density at radius 2 is 2.08 bits per heavy atom. The first-order chi connectivity index (χ1) is 12.1. The van der Waals surface area contributed by atoms with Crippen molar-refractivity contribution < 1.29 is 9.18 Å². The Balaban J connectivity index is 1.61. The van der Waals surface area contributed by atoms with Crippen LogP contribution in [0.5, 0.6) is 0 Å². The van der Waals surface area contributed by atoms with Crippen LogP contribution >= 0.6 is 34.7 Å². The lowest BCUT2D eigenvalue weighted by Gasteiger charge is -2.28. The highest BCUT2D eigenvalue weighted by molar-refractivity contribution is 7.08. The number of halogens is 3. The van der Waals surface area contributed by atoms with Crippen LogP contribution in [0.25, 0.3) is 10.8 Å². The van der Waals surface area contributed by atoms with Gasteiger partial charge in [0.15, 0.2) is 22.5 Å². The van der Waals surface area contributed by atoms with Crippen LogP contribution < -0.4 is 0 Å². The van der Waals surface area contributed by atoms with Gasteiger partial charge in [-0.1, -0.05) is 23.2 Å². The van der Waals surface area contributed by atoms with Gasteiger partial charge in [-0.25, -0.2) is 9.37 Å². The van der Waals surface area contributed by atoms with Crippen LogP contribution in [0, 0.1) is 5.82 Å². The number of carbonyl (C=O) groups excluding carboxylic acids is 1. The van der Waals surface area contributed by atoms with E-state index in [2.05, 4.69) is 19.6 Å². The zero-order valence-electron chi connectivity index (χ0n) is 12.5. The van der Waals surface area contributed by atoms with Crippen molar-refractivity contribution in [1.82, 2.24) is 29.0 Å². The lowest BCUT2D eigenvalue weighted by Crippen LogP contribution is -2.38. The van der Waals surface area contributed by atoms with Gasteiger partial charge in [-0.15, -0.1) is 10.2 Å². The first kappa shape index (κ1) is 16.4. The molecule has 0 fully saturated rings. The minimum absolute atomic E-state index is 0.0703. The van der Waals surface area contributed by atoms with Crippen molar-refractivity contribution in [1.29, 1.82) is 0 Å². The average Bonchev–Trinajstić information content (AvgIpc) is 3.27. The van der Waals surface area contributed by atoms with E-state index >= 15 is 0 Å². The molecule has 128 valence electrons. The number of fused-ring (bicyclic) bond motifs is 1. The van der Waals surface area contributed by atoms with Crippen LogP contribution in [0.4, 0.5) is 4.39 Å². The molecule has 0 saturated carbocycles. The van der Waals surface area contributed by atoms with Gasteiger partial charge in [0, 0.05) is 13.1 Å². The number of hydrogen-bond acceptors (Lipinski definition) is 6. The van der Waals surface area contributed by atoms with E-state index in [1.807, 2.05) is 4.57 Å². The molecule has 2 aromatic heterocycles. The Morgan fingerprint density at radius 3 is 2.84 bits per heavy atom. The van der Waals surface area contributed by atoms with Crippen LogP contribution in [-0.4, -0.2) is 41.5 Å². The third-order valence-electron chi connectivity index (χ3n) is 3.86. The second kappa shape index (κ2) is 6.32. The van der Waals surface area contributed by atoms with E-state index in [-0.39, 0.29) is 28.1 Å². The molecule has 4 rings (SSSR count). The number of hydrogen-bond donors (Lipinski definition) is 0. The molecule has 0 spiro atoms. The van der Waals surface area contributed by atoms with Crippen LogP contribution in [0.1, 0.15) is 16.2 Å². The van der Waals surface area contributed by atoms with Gasteiger partial charge in [-0.05, 0) is 23.7 Å². The molecule has 1 aliphatic heterocycles. The molecule has 0 aliphatic carbocycles. The summed E-state index contributed by atoms with van der Waals surface area (Å²) >= 11 is 12.8. The standard InChI is InChI=1S/C14H9Cl2FN6OS/c15-8-2-1-7(10(16)11(8)17)14(24)22-3-4-23-9(5-22)20-21-12(23)13-18-6-19-25-13/h1-2,6H,3-5H2. The Bertz CT molecular complexity index is 961. The second-order valence-electron chi connectivity index (χ2n) is 5.29. The summed E-state index contributed by atoms with van der Waals surface area (Å²) in [5.41, 5.74) is 0.0703. The number of carbonyl (C=O) groups is 1. The summed E-state index contributed by atoms with van der Waals surface area (Å²) in [5, 5.41) is 8.52. The van der Waals surface area contributed by atoms with Gasteiger partial charge in [0.05, 0.1) is 22.2 Å². The molecule has 3 heterocycles. The van der Waals surface area contributed by atoms with Crippen molar-refractivity contribution in [2.75, 3.05) is 6.54 Å². The van der Waals surface area contributed by atoms with Gasteiger partial charge < -0.3 is 9.47 Å². The van der Waals surface area contributed by atoms with Crippen LogP contribution in [0.3, 0.4) is 0 Å².